The normalized spacial score (nSPS) is 21.1. The summed E-state index contributed by atoms with van der Waals surface area (Å²) >= 11 is 0. The summed E-state index contributed by atoms with van der Waals surface area (Å²) in [6.07, 6.45) is 2.24. The average Bonchev–Trinajstić information content (AvgIpc) is 2.89. The molecule has 2 aromatic rings. The summed E-state index contributed by atoms with van der Waals surface area (Å²) in [7, 11) is 0. The fourth-order valence-electron chi connectivity index (χ4n) is 4.00. The Kier molecular flexibility index (Phi) is 4.18. The van der Waals surface area contributed by atoms with Crippen molar-refractivity contribution < 1.29 is 14.4 Å². The van der Waals surface area contributed by atoms with E-state index >= 15 is 0 Å². The summed E-state index contributed by atoms with van der Waals surface area (Å²) in [5, 5.41) is 5.64. The number of imide groups is 1. The van der Waals surface area contributed by atoms with E-state index in [9.17, 15) is 14.4 Å². The zero-order chi connectivity index (χ0) is 19.0. The van der Waals surface area contributed by atoms with Crippen LogP contribution >= 0.6 is 0 Å². The highest BCUT2D eigenvalue weighted by molar-refractivity contribution is 6.10. The highest BCUT2D eigenvalue weighted by atomic mass is 16.2. The lowest BCUT2D eigenvalue weighted by Crippen LogP contribution is -2.47. The van der Waals surface area contributed by atoms with E-state index in [2.05, 4.69) is 10.6 Å². The maximum atomic E-state index is 13.2. The standard InChI is InChI=1S/C21H21N3O3/c1-14-7-2-5-11-17(14)22-18(25)13-24-19(26)21(23-20(24)27)12-6-9-15-8-3-4-10-16(15)21/h2-5,7-8,10-11H,6,9,12-13H2,1H3,(H,22,25)(H,23,27)/t21-/m0/s1. The van der Waals surface area contributed by atoms with E-state index in [1.165, 1.54) is 0 Å². The van der Waals surface area contributed by atoms with Gasteiger partial charge in [0.1, 0.15) is 12.1 Å². The molecule has 1 heterocycles. The van der Waals surface area contributed by atoms with Gasteiger partial charge in [0.2, 0.25) is 5.91 Å². The number of fused-ring (bicyclic) bond motifs is 2. The summed E-state index contributed by atoms with van der Waals surface area (Å²) in [4.78, 5) is 39.2. The molecule has 4 rings (SSSR count). The first kappa shape index (κ1) is 17.3. The predicted octanol–water partition coefficient (Wildman–Crippen LogP) is 2.72. The molecule has 27 heavy (non-hydrogen) atoms. The van der Waals surface area contributed by atoms with Crippen LogP contribution in [0.2, 0.25) is 0 Å². The second-order valence-corrected chi connectivity index (χ2v) is 7.10. The number of nitrogens with one attached hydrogen (secondary N) is 2. The average molecular weight is 363 g/mol. The molecule has 0 radical (unpaired) electrons. The van der Waals surface area contributed by atoms with Gasteiger partial charge in [0, 0.05) is 5.69 Å². The van der Waals surface area contributed by atoms with E-state index in [1.807, 2.05) is 49.4 Å². The van der Waals surface area contributed by atoms with Crippen molar-refractivity contribution in [1.29, 1.82) is 0 Å². The van der Waals surface area contributed by atoms with Gasteiger partial charge >= 0.3 is 6.03 Å². The third-order valence-corrected chi connectivity index (χ3v) is 5.37. The van der Waals surface area contributed by atoms with E-state index in [1.54, 1.807) is 6.07 Å². The van der Waals surface area contributed by atoms with Gasteiger partial charge < -0.3 is 10.6 Å². The number of rotatable bonds is 3. The number of para-hydroxylation sites is 1. The van der Waals surface area contributed by atoms with Gasteiger partial charge in [0.15, 0.2) is 0 Å². The third-order valence-electron chi connectivity index (χ3n) is 5.37. The molecule has 2 N–H and O–H groups in total. The number of carbonyl (C=O) groups excluding carboxylic acids is 3. The van der Waals surface area contributed by atoms with Crippen molar-refractivity contribution in [3.63, 3.8) is 0 Å². The molecule has 138 valence electrons. The van der Waals surface area contributed by atoms with E-state index in [0.717, 1.165) is 34.4 Å². The Morgan fingerprint density at radius 3 is 2.70 bits per heavy atom. The van der Waals surface area contributed by atoms with Crippen molar-refractivity contribution in [2.24, 2.45) is 0 Å². The van der Waals surface area contributed by atoms with Gasteiger partial charge in [-0.1, -0.05) is 42.5 Å². The van der Waals surface area contributed by atoms with E-state index < -0.39 is 17.5 Å². The Labute approximate surface area is 157 Å². The quantitative estimate of drug-likeness (QED) is 0.823. The van der Waals surface area contributed by atoms with Crippen LogP contribution in [-0.4, -0.2) is 29.3 Å². The fourth-order valence-corrected chi connectivity index (χ4v) is 4.00. The lowest BCUT2D eigenvalue weighted by Gasteiger charge is -2.33. The molecule has 1 spiro atoms. The van der Waals surface area contributed by atoms with Gasteiger partial charge in [-0.2, -0.15) is 0 Å². The first-order valence-corrected chi connectivity index (χ1v) is 9.09. The number of nitrogens with zero attached hydrogens (tertiary/aromatic N) is 1. The number of hydrogen-bond acceptors (Lipinski definition) is 3. The van der Waals surface area contributed by atoms with Gasteiger partial charge in [-0.3, -0.25) is 14.5 Å². The van der Waals surface area contributed by atoms with Crippen molar-refractivity contribution in [2.75, 3.05) is 11.9 Å². The highest BCUT2D eigenvalue weighted by Crippen LogP contribution is 2.39. The van der Waals surface area contributed by atoms with Crippen LogP contribution in [0.1, 0.15) is 29.5 Å². The monoisotopic (exact) mass is 363 g/mol. The maximum absolute atomic E-state index is 13.2. The molecule has 2 aromatic carbocycles. The van der Waals surface area contributed by atoms with Crippen LogP contribution in [0.4, 0.5) is 10.5 Å². The Morgan fingerprint density at radius 1 is 1.15 bits per heavy atom. The van der Waals surface area contributed by atoms with Gasteiger partial charge in [0.05, 0.1) is 0 Å². The molecule has 0 bridgehead atoms. The second kappa shape index (κ2) is 6.54. The van der Waals surface area contributed by atoms with Gasteiger partial charge in [-0.15, -0.1) is 0 Å². The minimum atomic E-state index is -1.05. The lowest BCUT2D eigenvalue weighted by molar-refractivity contribution is -0.134. The van der Waals surface area contributed by atoms with Crippen LogP contribution in [0.3, 0.4) is 0 Å². The Hall–Kier alpha value is -3.15. The minimum Gasteiger partial charge on any atom is -0.324 e. The predicted molar refractivity (Wildman–Crippen MR) is 101 cm³/mol. The summed E-state index contributed by atoms with van der Waals surface area (Å²) in [5.74, 6) is -0.742. The molecule has 0 aromatic heterocycles. The van der Waals surface area contributed by atoms with Crippen LogP contribution in [0, 0.1) is 6.92 Å². The first-order valence-electron chi connectivity index (χ1n) is 9.09. The second-order valence-electron chi connectivity index (χ2n) is 7.10. The number of urea groups is 1. The molecular weight excluding hydrogens is 342 g/mol. The van der Waals surface area contributed by atoms with Crippen molar-refractivity contribution in [2.45, 2.75) is 31.7 Å². The smallest absolute Gasteiger partial charge is 0.324 e. The molecule has 1 saturated heterocycles. The summed E-state index contributed by atoms with van der Waals surface area (Å²) in [6, 6.07) is 14.6. The number of amides is 4. The first-order chi connectivity index (χ1) is 13.0. The SMILES string of the molecule is Cc1ccccc1NC(=O)CN1C(=O)N[C@]2(CCCc3ccccc32)C1=O. The van der Waals surface area contributed by atoms with Crippen LogP contribution in [0.15, 0.2) is 48.5 Å². The molecule has 1 atom stereocenters. The molecule has 0 saturated carbocycles. The molecule has 1 aliphatic carbocycles. The van der Waals surface area contributed by atoms with Gasteiger partial charge in [0.25, 0.3) is 5.91 Å². The van der Waals surface area contributed by atoms with E-state index in [4.69, 9.17) is 0 Å². The molecule has 6 nitrogen and oxygen atoms in total. The van der Waals surface area contributed by atoms with Crippen LogP contribution in [0.25, 0.3) is 0 Å². The number of hydrogen-bond donors (Lipinski definition) is 2. The molecule has 2 aliphatic rings. The molecule has 0 unspecified atom stereocenters. The lowest BCUT2D eigenvalue weighted by atomic mass is 9.76. The Balaban J connectivity index is 1.56. The molecule has 1 fully saturated rings. The molecule has 6 heteroatoms. The van der Waals surface area contributed by atoms with E-state index in [-0.39, 0.29) is 12.5 Å². The van der Waals surface area contributed by atoms with Crippen LogP contribution in [0.5, 0.6) is 0 Å². The van der Waals surface area contributed by atoms with Crippen molar-refractivity contribution in [3.05, 3.63) is 65.2 Å². The largest absolute Gasteiger partial charge is 0.325 e. The van der Waals surface area contributed by atoms with Gasteiger partial charge in [-0.25, -0.2) is 4.79 Å². The number of benzene rings is 2. The van der Waals surface area contributed by atoms with Crippen LogP contribution in [-0.2, 0) is 21.5 Å². The Morgan fingerprint density at radius 2 is 1.89 bits per heavy atom. The summed E-state index contributed by atoms with van der Waals surface area (Å²) in [6.45, 7) is 1.58. The summed E-state index contributed by atoms with van der Waals surface area (Å²) in [5.41, 5.74) is 2.46. The number of carbonyl (C=O) groups is 3. The number of anilines is 1. The highest BCUT2D eigenvalue weighted by Gasteiger charge is 2.54. The molecular formula is C21H21N3O3. The van der Waals surface area contributed by atoms with Crippen molar-refractivity contribution >= 4 is 23.5 Å². The van der Waals surface area contributed by atoms with Gasteiger partial charge in [-0.05, 0) is 48.9 Å². The zero-order valence-electron chi connectivity index (χ0n) is 15.1. The van der Waals surface area contributed by atoms with Crippen LogP contribution < -0.4 is 10.6 Å². The molecule has 1 aliphatic heterocycles. The fraction of sp³-hybridized carbons (Fsp3) is 0.286. The Bertz CT molecular complexity index is 940. The van der Waals surface area contributed by atoms with Crippen molar-refractivity contribution in [1.82, 2.24) is 10.2 Å². The van der Waals surface area contributed by atoms with E-state index in [0.29, 0.717) is 12.1 Å². The summed E-state index contributed by atoms with van der Waals surface area (Å²) < 4.78 is 0. The minimum absolute atomic E-state index is 0.303. The third kappa shape index (κ3) is 2.87. The molecule has 4 amide bonds. The van der Waals surface area contributed by atoms with Crippen molar-refractivity contribution in [3.8, 4) is 0 Å². The maximum Gasteiger partial charge on any atom is 0.325 e. The zero-order valence-corrected chi connectivity index (χ0v) is 15.1. The topological polar surface area (TPSA) is 78.5 Å². The number of aryl methyl sites for hydroxylation is 2.